The van der Waals surface area contributed by atoms with Crippen LogP contribution in [0.15, 0.2) is 42.5 Å². The molecule has 0 fully saturated rings. The van der Waals surface area contributed by atoms with Gasteiger partial charge in [-0.05, 0) is 54.2 Å². The monoisotopic (exact) mass is 354 g/mol. The van der Waals surface area contributed by atoms with Crippen LogP contribution < -0.4 is 4.74 Å². The summed E-state index contributed by atoms with van der Waals surface area (Å²) in [5.74, 6) is -0.459. The Bertz CT molecular complexity index is 601. The topological polar surface area (TPSA) is 9.23 Å². The van der Waals surface area contributed by atoms with Gasteiger partial charge in [0.05, 0.1) is 7.11 Å². The fourth-order valence-corrected chi connectivity index (χ4v) is 2.77. The number of ether oxygens (including phenoxy) is 1. The SMILES string of the molecule is COc1cccc(CC(CBr)Cc2ccc(F)c(F)c2)c1. The molecule has 112 valence electrons. The first-order valence-electron chi connectivity index (χ1n) is 6.75. The van der Waals surface area contributed by atoms with Crippen LogP contribution in [-0.2, 0) is 12.8 Å². The van der Waals surface area contributed by atoms with E-state index in [1.54, 1.807) is 13.2 Å². The lowest BCUT2D eigenvalue weighted by molar-refractivity contribution is 0.414. The van der Waals surface area contributed by atoms with E-state index in [-0.39, 0.29) is 0 Å². The number of hydrogen-bond acceptors (Lipinski definition) is 1. The molecule has 0 aliphatic rings. The molecule has 0 aliphatic carbocycles. The van der Waals surface area contributed by atoms with E-state index >= 15 is 0 Å². The molecule has 2 rings (SSSR count). The molecule has 1 unspecified atom stereocenters. The van der Waals surface area contributed by atoms with Crippen LogP contribution in [0.2, 0.25) is 0 Å². The lowest BCUT2D eigenvalue weighted by Gasteiger charge is -2.15. The van der Waals surface area contributed by atoms with Crippen LogP contribution in [0.3, 0.4) is 0 Å². The van der Waals surface area contributed by atoms with Gasteiger partial charge in [-0.15, -0.1) is 0 Å². The standard InChI is InChI=1S/C17H17BrF2O/c1-21-15-4-2-3-12(9-15)7-14(11-18)8-13-5-6-16(19)17(20)10-13/h2-6,9-10,14H,7-8,11H2,1H3. The molecule has 21 heavy (non-hydrogen) atoms. The molecule has 4 heteroatoms. The number of rotatable bonds is 6. The first-order chi connectivity index (χ1) is 10.1. The molecule has 0 spiro atoms. The molecule has 2 aromatic rings. The van der Waals surface area contributed by atoms with Gasteiger partial charge in [0.2, 0.25) is 0 Å². The van der Waals surface area contributed by atoms with E-state index in [2.05, 4.69) is 15.9 Å². The minimum Gasteiger partial charge on any atom is -0.497 e. The average molecular weight is 355 g/mol. The van der Waals surface area contributed by atoms with Crippen molar-refractivity contribution in [3.05, 3.63) is 65.2 Å². The van der Waals surface area contributed by atoms with Gasteiger partial charge < -0.3 is 4.74 Å². The van der Waals surface area contributed by atoms with Gasteiger partial charge in [0.1, 0.15) is 5.75 Å². The summed E-state index contributed by atoms with van der Waals surface area (Å²) < 4.78 is 31.4. The van der Waals surface area contributed by atoms with Crippen LogP contribution in [0.4, 0.5) is 8.78 Å². The van der Waals surface area contributed by atoms with Crippen molar-refractivity contribution in [3.63, 3.8) is 0 Å². The second-order valence-corrected chi connectivity index (χ2v) is 5.68. The van der Waals surface area contributed by atoms with Gasteiger partial charge in [-0.3, -0.25) is 0 Å². The summed E-state index contributed by atoms with van der Waals surface area (Å²) >= 11 is 3.50. The number of halogens is 3. The van der Waals surface area contributed by atoms with Gasteiger partial charge in [0.15, 0.2) is 11.6 Å². The Morgan fingerprint density at radius 1 is 1.00 bits per heavy atom. The van der Waals surface area contributed by atoms with Gasteiger partial charge in [-0.25, -0.2) is 8.78 Å². The Hall–Kier alpha value is -1.42. The van der Waals surface area contributed by atoms with Crippen LogP contribution in [0, 0.1) is 17.6 Å². The van der Waals surface area contributed by atoms with Gasteiger partial charge in [0, 0.05) is 5.33 Å². The van der Waals surface area contributed by atoms with Crippen molar-refractivity contribution in [2.75, 3.05) is 12.4 Å². The second kappa shape index (κ2) is 7.55. The fourth-order valence-electron chi connectivity index (χ4n) is 2.31. The maximum Gasteiger partial charge on any atom is 0.159 e. The predicted molar refractivity (Wildman–Crippen MR) is 84.0 cm³/mol. The molecule has 2 aromatic carbocycles. The lowest BCUT2D eigenvalue weighted by Crippen LogP contribution is -2.10. The zero-order chi connectivity index (χ0) is 15.2. The zero-order valence-electron chi connectivity index (χ0n) is 11.8. The van der Waals surface area contributed by atoms with Gasteiger partial charge >= 0.3 is 0 Å². The molecular formula is C17H17BrF2O. The summed E-state index contributed by atoms with van der Waals surface area (Å²) in [6.45, 7) is 0. The van der Waals surface area contributed by atoms with Crippen molar-refractivity contribution >= 4 is 15.9 Å². The van der Waals surface area contributed by atoms with Crippen molar-refractivity contribution in [3.8, 4) is 5.75 Å². The van der Waals surface area contributed by atoms with Crippen molar-refractivity contribution in [2.45, 2.75) is 12.8 Å². The van der Waals surface area contributed by atoms with E-state index in [1.807, 2.05) is 24.3 Å². The number of benzene rings is 2. The molecule has 0 heterocycles. The van der Waals surface area contributed by atoms with E-state index in [0.717, 1.165) is 23.1 Å². The Labute approximate surface area is 132 Å². The minimum atomic E-state index is -0.804. The number of alkyl halides is 1. The Kier molecular flexibility index (Phi) is 5.74. The third kappa shape index (κ3) is 4.53. The average Bonchev–Trinajstić information content (AvgIpc) is 2.50. The molecule has 1 atom stereocenters. The molecular weight excluding hydrogens is 338 g/mol. The van der Waals surface area contributed by atoms with Crippen molar-refractivity contribution in [1.29, 1.82) is 0 Å². The van der Waals surface area contributed by atoms with Crippen LogP contribution in [0.25, 0.3) is 0 Å². The van der Waals surface area contributed by atoms with Crippen molar-refractivity contribution in [1.82, 2.24) is 0 Å². The molecule has 1 nitrogen and oxygen atoms in total. The highest BCUT2D eigenvalue weighted by atomic mass is 79.9. The number of hydrogen-bond donors (Lipinski definition) is 0. The maximum absolute atomic E-state index is 13.3. The Morgan fingerprint density at radius 2 is 1.71 bits per heavy atom. The predicted octanol–water partition coefficient (Wildman–Crippen LogP) is 4.77. The summed E-state index contributed by atoms with van der Waals surface area (Å²) in [4.78, 5) is 0. The van der Waals surface area contributed by atoms with Crippen molar-refractivity contribution in [2.24, 2.45) is 5.92 Å². The molecule has 0 aromatic heterocycles. The quantitative estimate of drug-likeness (QED) is 0.679. The van der Waals surface area contributed by atoms with Crippen LogP contribution >= 0.6 is 15.9 Å². The second-order valence-electron chi connectivity index (χ2n) is 5.03. The minimum absolute atomic E-state index is 0.307. The molecule has 0 saturated heterocycles. The van der Waals surface area contributed by atoms with Crippen molar-refractivity contribution < 1.29 is 13.5 Å². The fraction of sp³-hybridized carbons (Fsp3) is 0.294. The Balaban J connectivity index is 2.07. The molecule has 0 radical (unpaired) electrons. The normalized spacial score (nSPS) is 12.2. The van der Waals surface area contributed by atoms with Gasteiger partial charge in [-0.2, -0.15) is 0 Å². The molecule has 0 aliphatic heterocycles. The van der Waals surface area contributed by atoms with E-state index in [9.17, 15) is 8.78 Å². The highest BCUT2D eigenvalue weighted by Crippen LogP contribution is 2.21. The largest absolute Gasteiger partial charge is 0.497 e. The molecule has 0 N–H and O–H groups in total. The Morgan fingerprint density at radius 3 is 2.33 bits per heavy atom. The van der Waals surface area contributed by atoms with E-state index in [4.69, 9.17) is 4.74 Å². The van der Waals surface area contributed by atoms with E-state index in [1.165, 1.54) is 17.7 Å². The lowest BCUT2D eigenvalue weighted by atomic mass is 9.94. The smallest absolute Gasteiger partial charge is 0.159 e. The first kappa shape index (κ1) is 16.0. The highest BCUT2D eigenvalue weighted by Gasteiger charge is 2.12. The third-order valence-corrected chi connectivity index (χ3v) is 4.30. The van der Waals surface area contributed by atoms with Gasteiger partial charge in [-0.1, -0.05) is 34.1 Å². The van der Waals surface area contributed by atoms with Crippen LogP contribution in [-0.4, -0.2) is 12.4 Å². The van der Waals surface area contributed by atoms with Gasteiger partial charge in [0.25, 0.3) is 0 Å². The van der Waals surface area contributed by atoms with E-state index < -0.39 is 11.6 Å². The summed E-state index contributed by atoms with van der Waals surface area (Å²) in [6.07, 6.45) is 1.54. The molecule has 0 bridgehead atoms. The van der Waals surface area contributed by atoms with Crippen LogP contribution in [0.5, 0.6) is 5.75 Å². The zero-order valence-corrected chi connectivity index (χ0v) is 13.4. The molecule has 0 amide bonds. The number of methoxy groups -OCH3 is 1. The highest BCUT2D eigenvalue weighted by molar-refractivity contribution is 9.09. The van der Waals surface area contributed by atoms with E-state index in [0.29, 0.717) is 12.3 Å². The molecule has 0 saturated carbocycles. The summed E-state index contributed by atoms with van der Waals surface area (Å²) in [7, 11) is 1.64. The summed E-state index contributed by atoms with van der Waals surface area (Å²) in [5.41, 5.74) is 1.97. The summed E-state index contributed by atoms with van der Waals surface area (Å²) in [6, 6.07) is 12.0. The third-order valence-electron chi connectivity index (χ3n) is 3.39. The maximum atomic E-state index is 13.3. The summed E-state index contributed by atoms with van der Waals surface area (Å²) in [5, 5.41) is 0.795. The first-order valence-corrected chi connectivity index (χ1v) is 7.87. The van der Waals surface area contributed by atoms with Crippen LogP contribution in [0.1, 0.15) is 11.1 Å².